The molecule has 0 aliphatic carbocycles. The van der Waals surface area contributed by atoms with Crippen LogP contribution in [0.15, 0.2) is 46.9 Å². The molecule has 1 heterocycles. The molecule has 1 aromatic heterocycles. The van der Waals surface area contributed by atoms with Crippen LogP contribution in [0.5, 0.6) is 0 Å². The first-order valence-electron chi connectivity index (χ1n) is 6.76. The fraction of sp³-hybridized carbons (Fsp3) is 0.0588. The normalized spacial score (nSPS) is 11.8. The number of rotatable bonds is 4. The van der Waals surface area contributed by atoms with Crippen LogP contribution in [-0.2, 0) is 4.79 Å². The number of para-hydroxylation sites is 1. The Morgan fingerprint density at radius 1 is 1.30 bits per heavy atom. The number of fused-ring (bicyclic) bond motifs is 1. The largest absolute Gasteiger partial charge is 0.481 e. The molecule has 0 bridgehead atoms. The quantitative estimate of drug-likeness (QED) is 0.663. The molecule has 3 rings (SSSR count). The van der Waals surface area contributed by atoms with Crippen LogP contribution in [0.25, 0.3) is 21.9 Å². The molecular formula is C17H11BrFNO2S. The second-order valence-electron chi connectivity index (χ2n) is 4.89. The Labute approximate surface area is 144 Å². The van der Waals surface area contributed by atoms with Crippen LogP contribution in [0, 0.1) is 5.82 Å². The van der Waals surface area contributed by atoms with Crippen LogP contribution >= 0.6 is 27.3 Å². The van der Waals surface area contributed by atoms with E-state index in [1.54, 1.807) is 18.2 Å². The SMILES string of the molecule is O=C(O)CC(=Cc1ccc(Br)cc1F)c1nc2ccccc2s1. The Balaban J connectivity index is 2.09. The number of aliphatic carboxylic acids is 1. The van der Waals surface area contributed by atoms with Crippen LogP contribution in [0.1, 0.15) is 17.0 Å². The first kappa shape index (κ1) is 15.8. The summed E-state index contributed by atoms with van der Waals surface area (Å²) in [5, 5.41) is 9.74. The molecular weight excluding hydrogens is 381 g/mol. The second kappa shape index (κ2) is 6.60. The highest BCUT2D eigenvalue weighted by Gasteiger charge is 2.13. The zero-order chi connectivity index (χ0) is 16.4. The van der Waals surface area contributed by atoms with Gasteiger partial charge in [-0.15, -0.1) is 11.3 Å². The molecule has 0 aliphatic heterocycles. The average molecular weight is 392 g/mol. The topological polar surface area (TPSA) is 50.2 Å². The maximum absolute atomic E-state index is 14.0. The molecule has 0 radical (unpaired) electrons. The molecule has 0 saturated heterocycles. The number of benzene rings is 2. The van der Waals surface area contributed by atoms with Gasteiger partial charge in [-0.2, -0.15) is 0 Å². The predicted octanol–water partition coefficient (Wildman–Crippen LogP) is 5.21. The van der Waals surface area contributed by atoms with Gasteiger partial charge in [-0.25, -0.2) is 9.37 Å². The van der Waals surface area contributed by atoms with Gasteiger partial charge in [0.15, 0.2) is 0 Å². The monoisotopic (exact) mass is 391 g/mol. The van der Waals surface area contributed by atoms with E-state index in [0.29, 0.717) is 20.6 Å². The average Bonchev–Trinajstić information content (AvgIpc) is 2.92. The number of carboxylic acid groups (broad SMARTS) is 1. The fourth-order valence-corrected chi connectivity index (χ4v) is 3.48. The van der Waals surface area contributed by atoms with Crippen molar-refractivity contribution in [3.05, 3.63) is 63.3 Å². The molecule has 1 N–H and O–H groups in total. The van der Waals surface area contributed by atoms with Crippen LogP contribution in [0.3, 0.4) is 0 Å². The lowest BCUT2D eigenvalue weighted by atomic mass is 10.1. The summed E-state index contributed by atoms with van der Waals surface area (Å²) in [5.41, 5.74) is 1.63. The van der Waals surface area contributed by atoms with Crippen LogP contribution in [0.4, 0.5) is 4.39 Å². The molecule has 0 fully saturated rings. The summed E-state index contributed by atoms with van der Waals surface area (Å²) in [6.45, 7) is 0. The van der Waals surface area contributed by atoms with Gasteiger partial charge in [-0.1, -0.05) is 34.1 Å². The molecule has 0 amide bonds. The van der Waals surface area contributed by atoms with E-state index < -0.39 is 11.8 Å². The molecule has 0 aliphatic rings. The lowest BCUT2D eigenvalue weighted by Crippen LogP contribution is -1.97. The Morgan fingerprint density at radius 2 is 2.09 bits per heavy atom. The Hall–Kier alpha value is -2.05. The minimum atomic E-state index is -0.979. The third-order valence-electron chi connectivity index (χ3n) is 3.20. The van der Waals surface area contributed by atoms with E-state index in [9.17, 15) is 9.18 Å². The van der Waals surface area contributed by atoms with Crippen molar-refractivity contribution >= 4 is 55.1 Å². The fourth-order valence-electron chi connectivity index (χ4n) is 2.17. The van der Waals surface area contributed by atoms with Crippen LogP contribution < -0.4 is 0 Å². The molecule has 3 aromatic rings. The van der Waals surface area contributed by atoms with E-state index in [2.05, 4.69) is 20.9 Å². The Kier molecular flexibility index (Phi) is 4.54. The van der Waals surface area contributed by atoms with Crippen molar-refractivity contribution in [2.45, 2.75) is 6.42 Å². The van der Waals surface area contributed by atoms with E-state index in [0.717, 1.165) is 10.2 Å². The summed E-state index contributed by atoms with van der Waals surface area (Å²) < 4.78 is 15.6. The highest BCUT2D eigenvalue weighted by Crippen LogP contribution is 2.31. The van der Waals surface area contributed by atoms with Gasteiger partial charge in [0, 0.05) is 10.0 Å². The van der Waals surface area contributed by atoms with Crippen molar-refractivity contribution in [3.63, 3.8) is 0 Å². The number of carbonyl (C=O) groups is 1. The summed E-state index contributed by atoms with van der Waals surface area (Å²) in [6.07, 6.45) is 1.34. The zero-order valence-electron chi connectivity index (χ0n) is 11.8. The molecule has 2 aromatic carbocycles. The van der Waals surface area contributed by atoms with Crippen molar-refractivity contribution in [3.8, 4) is 0 Å². The molecule has 23 heavy (non-hydrogen) atoms. The van der Waals surface area contributed by atoms with Gasteiger partial charge in [0.05, 0.1) is 16.6 Å². The van der Waals surface area contributed by atoms with Gasteiger partial charge in [-0.05, 0) is 35.9 Å². The van der Waals surface area contributed by atoms with E-state index in [4.69, 9.17) is 5.11 Å². The number of halogens is 2. The summed E-state index contributed by atoms with van der Waals surface area (Å²) in [7, 11) is 0. The van der Waals surface area contributed by atoms with Gasteiger partial charge >= 0.3 is 5.97 Å². The van der Waals surface area contributed by atoms with Gasteiger partial charge in [0.2, 0.25) is 0 Å². The van der Waals surface area contributed by atoms with E-state index in [1.807, 2.05) is 24.3 Å². The number of hydrogen-bond donors (Lipinski definition) is 1. The number of thiazole rings is 1. The molecule has 0 atom stereocenters. The maximum Gasteiger partial charge on any atom is 0.307 e. The molecule has 116 valence electrons. The van der Waals surface area contributed by atoms with Crippen molar-refractivity contribution in [1.82, 2.24) is 4.98 Å². The minimum Gasteiger partial charge on any atom is -0.481 e. The number of hydrogen-bond acceptors (Lipinski definition) is 3. The summed E-state index contributed by atoms with van der Waals surface area (Å²) in [5.74, 6) is -1.39. The van der Waals surface area contributed by atoms with Crippen molar-refractivity contribution < 1.29 is 14.3 Å². The summed E-state index contributed by atoms with van der Waals surface area (Å²) >= 11 is 4.61. The van der Waals surface area contributed by atoms with E-state index in [1.165, 1.54) is 17.4 Å². The van der Waals surface area contributed by atoms with Crippen molar-refractivity contribution in [2.24, 2.45) is 0 Å². The van der Waals surface area contributed by atoms with Crippen LogP contribution in [0.2, 0.25) is 0 Å². The van der Waals surface area contributed by atoms with Gasteiger partial charge in [0.25, 0.3) is 0 Å². The van der Waals surface area contributed by atoms with Gasteiger partial charge < -0.3 is 5.11 Å². The number of aromatic nitrogens is 1. The van der Waals surface area contributed by atoms with Crippen molar-refractivity contribution in [1.29, 1.82) is 0 Å². The Bertz CT molecular complexity index is 887. The lowest BCUT2D eigenvalue weighted by Gasteiger charge is -2.03. The first-order chi connectivity index (χ1) is 11.0. The number of nitrogens with zero attached hydrogens (tertiary/aromatic N) is 1. The standard InChI is InChI=1S/C17H11BrFNO2S/c18-12-6-5-10(13(19)9-12)7-11(8-16(21)22)17-20-14-3-1-2-4-15(14)23-17/h1-7,9H,8H2,(H,21,22). The highest BCUT2D eigenvalue weighted by atomic mass is 79.9. The highest BCUT2D eigenvalue weighted by molar-refractivity contribution is 9.10. The summed E-state index contributed by atoms with van der Waals surface area (Å²) in [6, 6.07) is 12.2. The van der Waals surface area contributed by atoms with Crippen LogP contribution in [-0.4, -0.2) is 16.1 Å². The predicted molar refractivity (Wildman–Crippen MR) is 93.8 cm³/mol. The molecule has 3 nitrogen and oxygen atoms in total. The van der Waals surface area contributed by atoms with E-state index >= 15 is 0 Å². The minimum absolute atomic E-state index is 0.213. The van der Waals surface area contributed by atoms with Crippen molar-refractivity contribution in [2.75, 3.05) is 0 Å². The number of carboxylic acids is 1. The van der Waals surface area contributed by atoms with Gasteiger partial charge in [0.1, 0.15) is 10.8 Å². The van der Waals surface area contributed by atoms with Gasteiger partial charge in [-0.3, -0.25) is 4.79 Å². The second-order valence-corrected chi connectivity index (χ2v) is 6.84. The zero-order valence-corrected chi connectivity index (χ0v) is 14.2. The molecule has 0 unspecified atom stereocenters. The molecule has 0 spiro atoms. The third-order valence-corrected chi connectivity index (χ3v) is 4.81. The maximum atomic E-state index is 14.0. The Morgan fingerprint density at radius 3 is 2.78 bits per heavy atom. The third kappa shape index (κ3) is 3.65. The first-order valence-corrected chi connectivity index (χ1v) is 8.37. The van der Waals surface area contributed by atoms with E-state index in [-0.39, 0.29) is 6.42 Å². The molecule has 6 heteroatoms. The lowest BCUT2D eigenvalue weighted by molar-refractivity contribution is -0.135. The molecule has 0 saturated carbocycles. The smallest absolute Gasteiger partial charge is 0.307 e. The summed E-state index contributed by atoms with van der Waals surface area (Å²) in [4.78, 5) is 15.6.